The number of nitrogens with two attached hydrogens (primary N) is 1. The number of imidazole rings is 1. The van der Waals surface area contributed by atoms with Crippen molar-refractivity contribution in [3.8, 4) is 0 Å². The number of halogens is 2. The fourth-order valence-electron chi connectivity index (χ4n) is 2.47. The van der Waals surface area contributed by atoms with E-state index in [9.17, 15) is 4.79 Å². The number of hydrogen-bond donors (Lipinski definition) is 1. The van der Waals surface area contributed by atoms with Crippen LogP contribution in [0.15, 0.2) is 18.7 Å². The van der Waals surface area contributed by atoms with E-state index in [0.29, 0.717) is 18.9 Å². The Morgan fingerprint density at radius 3 is 2.85 bits per heavy atom. The SMILES string of the molecule is CC(N)C1CCCN(C(=O)CCn2ccnc2)C1.Cl.Cl. The summed E-state index contributed by atoms with van der Waals surface area (Å²) in [5.41, 5.74) is 5.93. The zero-order valence-corrected chi connectivity index (χ0v) is 13.4. The summed E-state index contributed by atoms with van der Waals surface area (Å²) in [6.45, 7) is 4.44. The summed E-state index contributed by atoms with van der Waals surface area (Å²) in [6, 6.07) is 0.175. The molecule has 1 amide bonds. The third-order valence-electron chi connectivity index (χ3n) is 3.70. The molecular weight excluding hydrogens is 299 g/mol. The normalized spacial score (nSPS) is 19.7. The van der Waals surface area contributed by atoms with Gasteiger partial charge >= 0.3 is 0 Å². The van der Waals surface area contributed by atoms with Gasteiger partial charge in [-0.1, -0.05) is 0 Å². The first-order valence-corrected chi connectivity index (χ1v) is 6.66. The number of aryl methyl sites for hydroxylation is 1. The molecule has 20 heavy (non-hydrogen) atoms. The van der Waals surface area contributed by atoms with Gasteiger partial charge in [0.15, 0.2) is 0 Å². The topological polar surface area (TPSA) is 64.2 Å². The highest BCUT2D eigenvalue weighted by Crippen LogP contribution is 2.19. The van der Waals surface area contributed by atoms with E-state index in [4.69, 9.17) is 5.73 Å². The molecule has 1 fully saturated rings. The van der Waals surface area contributed by atoms with Crippen LogP contribution in [-0.4, -0.2) is 39.5 Å². The number of rotatable bonds is 4. The molecule has 7 heteroatoms. The average Bonchev–Trinajstić information content (AvgIpc) is 2.89. The predicted octanol–water partition coefficient (Wildman–Crippen LogP) is 1.70. The van der Waals surface area contributed by atoms with E-state index in [1.807, 2.05) is 22.6 Å². The van der Waals surface area contributed by atoms with Gasteiger partial charge in [0.1, 0.15) is 0 Å². The lowest BCUT2D eigenvalue weighted by Crippen LogP contribution is -2.45. The van der Waals surface area contributed by atoms with Gasteiger partial charge in [-0.15, -0.1) is 24.8 Å². The van der Waals surface area contributed by atoms with Gasteiger partial charge in [0.05, 0.1) is 6.33 Å². The number of carbonyl (C=O) groups is 1. The number of aromatic nitrogens is 2. The molecular formula is C13H24Cl2N4O. The molecule has 1 aliphatic rings. The molecule has 0 spiro atoms. The minimum atomic E-state index is 0. The summed E-state index contributed by atoms with van der Waals surface area (Å²) in [6.07, 6.45) is 8.12. The lowest BCUT2D eigenvalue weighted by Gasteiger charge is -2.34. The molecule has 0 bridgehead atoms. The van der Waals surface area contributed by atoms with E-state index in [0.717, 1.165) is 25.9 Å². The Bertz CT molecular complexity index is 384. The first kappa shape index (κ1) is 19.2. The smallest absolute Gasteiger partial charge is 0.224 e. The molecule has 0 radical (unpaired) electrons. The number of likely N-dealkylation sites (tertiary alicyclic amines) is 1. The number of hydrogen-bond acceptors (Lipinski definition) is 3. The highest BCUT2D eigenvalue weighted by atomic mass is 35.5. The zero-order chi connectivity index (χ0) is 13.0. The molecule has 2 N–H and O–H groups in total. The van der Waals surface area contributed by atoms with Crippen LogP contribution >= 0.6 is 24.8 Å². The maximum absolute atomic E-state index is 12.1. The molecule has 1 aromatic rings. The minimum Gasteiger partial charge on any atom is -0.342 e. The predicted molar refractivity (Wildman–Crippen MR) is 84.3 cm³/mol. The summed E-state index contributed by atoms with van der Waals surface area (Å²) >= 11 is 0. The Balaban J connectivity index is 0.00000180. The van der Waals surface area contributed by atoms with Crippen molar-refractivity contribution < 1.29 is 4.79 Å². The van der Waals surface area contributed by atoms with Crippen LogP contribution in [0.3, 0.4) is 0 Å². The van der Waals surface area contributed by atoms with Gasteiger partial charge in [-0.2, -0.15) is 0 Å². The van der Waals surface area contributed by atoms with E-state index in [1.54, 1.807) is 12.5 Å². The molecule has 2 atom stereocenters. The maximum Gasteiger partial charge on any atom is 0.224 e. The van der Waals surface area contributed by atoms with Crippen LogP contribution in [0.1, 0.15) is 26.2 Å². The van der Waals surface area contributed by atoms with E-state index in [2.05, 4.69) is 4.98 Å². The highest BCUT2D eigenvalue weighted by molar-refractivity contribution is 5.85. The van der Waals surface area contributed by atoms with Crippen molar-refractivity contribution in [1.29, 1.82) is 0 Å². The number of piperidine rings is 1. The summed E-state index contributed by atoms with van der Waals surface area (Å²) in [7, 11) is 0. The molecule has 0 saturated carbocycles. The first-order chi connectivity index (χ1) is 8.66. The number of carbonyl (C=O) groups excluding carboxylic acids is 1. The summed E-state index contributed by atoms with van der Waals surface area (Å²) in [5, 5.41) is 0. The summed E-state index contributed by atoms with van der Waals surface area (Å²) in [4.78, 5) is 18.0. The van der Waals surface area contributed by atoms with Crippen molar-refractivity contribution >= 4 is 30.7 Å². The molecule has 1 aromatic heterocycles. The van der Waals surface area contributed by atoms with Gasteiger partial charge in [-0.05, 0) is 25.7 Å². The lowest BCUT2D eigenvalue weighted by atomic mass is 9.92. The number of nitrogens with zero attached hydrogens (tertiary/aromatic N) is 3. The molecule has 2 rings (SSSR count). The van der Waals surface area contributed by atoms with E-state index >= 15 is 0 Å². The largest absolute Gasteiger partial charge is 0.342 e. The quantitative estimate of drug-likeness (QED) is 0.917. The second-order valence-corrected chi connectivity index (χ2v) is 5.15. The molecule has 2 unspecified atom stereocenters. The Morgan fingerprint density at radius 2 is 2.25 bits per heavy atom. The first-order valence-electron chi connectivity index (χ1n) is 6.66. The fraction of sp³-hybridized carbons (Fsp3) is 0.692. The van der Waals surface area contributed by atoms with Gasteiger partial charge in [-0.3, -0.25) is 4.79 Å². The molecule has 5 nitrogen and oxygen atoms in total. The van der Waals surface area contributed by atoms with Crippen LogP contribution in [-0.2, 0) is 11.3 Å². The van der Waals surface area contributed by atoms with Crippen LogP contribution in [0, 0.1) is 5.92 Å². The molecule has 2 heterocycles. The van der Waals surface area contributed by atoms with Gasteiger partial charge in [0, 0.05) is 44.5 Å². The third-order valence-corrected chi connectivity index (χ3v) is 3.70. The lowest BCUT2D eigenvalue weighted by molar-refractivity contribution is -0.133. The fourth-order valence-corrected chi connectivity index (χ4v) is 2.47. The molecule has 116 valence electrons. The average molecular weight is 323 g/mol. The Hall–Kier alpha value is -0.780. The van der Waals surface area contributed by atoms with Crippen LogP contribution in [0.4, 0.5) is 0 Å². The highest BCUT2D eigenvalue weighted by Gasteiger charge is 2.25. The molecule has 0 aromatic carbocycles. The molecule has 0 aliphatic carbocycles. The molecule has 1 aliphatic heterocycles. The maximum atomic E-state index is 12.1. The van der Waals surface area contributed by atoms with Crippen LogP contribution in [0.2, 0.25) is 0 Å². The van der Waals surface area contributed by atoms with Crippen molar-refractivity contribution in [3.63, 3.8) is 0 Å². The Kier molecular flexibility index (Phi) is 8.85. The van der Waals surface area contributed by atoms with Gasteiger partial charge in [0.25, 0.3) is 0 Å². The zero-order valence-electron chi connectivity index (χ0n) is 11.8. The van der Waals surface area contributed by atoms with Crippen molar-refractivity contribution in [3.05, 3.63) is 18.7 Å². The van der Waals surface area contributed by atoms with Crippen molar-refractivity contribution in [2.75, 3.05) is 13.1 Å². The van der Waals surface area contributed by atoms with Crippen LogP contribution in [0.5, 0.6) is 0 Å². The standard InChI is InChI=1S/C13H22N4O.2ClH/c1-11(14)12-3-2-6-17(9-12)13(18)4-7-16-8-5-15-10-16;;/h5,8,10-12H,2-4,6-7,9,14H2,1H3;2*1H. The van der Waals surface area contributed by atoms with Gasteiger partial charge in [0.2, 0.25) is 5.91 Å². The van der Waals surface area contributed by atoms with Crippen molar-refractivity contribution in [1.82, 2.24) is 14.5 Å². The third kappa shape index (κ3) is 5.31. The second-order valence-electron chi connectivity index (χ2n) is 5.15. The van der Waals surface area contributed by atoms with Crippen LogP contribution in [0.25, 0.3) is 0 Å². The second kappa shape index (κ2) is 9.21. The van der Waals surface area contributed by atoms with E-state index in [1.165, 1.54) is 0 Å². The van der Waals surface area contributed by atoms with E-state index in [-0.39, 0.29) is 36.8 Å². The Labute approximate surface area is 132 Å². The minimum absolute atomic E-state index is 0. The summed E-state index contributed by atoms with van der Waals surface area (Å²) < 4.78 is 1.94. The van der Waals surface area contributed by atoms with Crippen molar-refractivity contribution in [2.45, 2.75) is 38.8 Å². The molecule has 1 saturated heterocycles. The number of amides is 1. The Morgan fingerprint density at radius 1 is 1.50 bits per heavy atom. The van der Waals surface area contributed by atoms with Gasteiger partial charge < -0.3 is 15.2 Å². The summed E-state index contributed by atoms with van der Waals surface area (Å²) in [5.74, 6) is 0.685. The van der Waals surface area contributed by atoms with Gasteiger partial charge in [-0.25, -0.2) is 4.98 Å². The van der Waals surface area contributed by atoms with Crippen LogP contribution < -0.4 is 5.73 Å². The monoisotopic (exact) mass is 322 g/mol. The van der Waals surface area contributed by atoms with Crippen molar-refractivity contribution in [2.24, 2.45) is 11.7 Å². The van der Waals surface area contributed by atoms with E-state index < -0.39 is 0 Å².